The summed E-state index contributed by atoms with van der Waals surface area (Å²) in [6.07, 6.45) is 3.10. The zero-order valence-electron chi connectivity index (χ0n) is 13.2. The number of halogens is 1. The van der Waals surface area contributed by atoms with Gasteiger partial charge in [-0.2, -0.15) is 0 Å². The molecule has 0 aliphatic carbocycles. The maximum Gasteiger partial charge on any atom is 0.141 e. The van der Waals surface area contributed by atoms with E-state index in [1.54, 1.807) is 6.07 Å². The van der Waals surface area contributed by atoms with Crippen LogP contribution in [0.5, 0.6) is 0 Å². The van der Waals surface area contributed by atoms with Crippen molar-refractivity contribution >= 4 is 22.4 Å². The third kappa shape index (κ3) is 3.39. The lowest BCUT2D eigenvalue weighted by molar-refractivity contribution is 0.621. The number of benzene rings is 1. The Balaban J connectivity index is 1.68. The summed E-state index contributed by atoms with van der Waals surface area (Å²) in [6, 6.07) is 9.22. The number of anilines is 2. The first kappa shape index (κ1) is 15.2. The molecule has 2 heterocycles. The van der Waals surface area contributed by atoms with Crippen LogP contribution in [0, 0.1) is 19.7 Å². The van der Waals surface area contributed by atoms with Gasteiger partial charge in [-0.05, 0) is 37.1 Å². The number of rotatable bonds is 5. The second-order valence-electron chi connectivity index (χ2n) is 5.50. The lowest BCUT2D eigenvalue weighted by atomic mass is 10.1. The molecule has 118 valence electrons. The first-order chi connectivity index (χ1) is 11.1. The molecule has 0 fully saturated rings. The second kappa shape index (κ2) is 6.60. The summed E-state index contributed by atoms with van der Waals surface area (Å²) in [5, 5.41) is 7.76. The fraction of sp³-hybridized carbons (Fsp3) is 0.222. The van der Waals surface area contributed by atoms with E-state index in [2.05, 4.69) is 39.7 Å². The van der Waals surface area contributed by atoms with Gasteiger partial charge in [-0.1, -0.05) is 18.2 Å². The summed E-state index contributed by atoms with van der Waals surface area (Å²) in [4.78, 5) is 8.50. The molecular formula is C18H19FN4. The van der Waals surface area contributed by atoms with E-state index in [-0.39, 0.29) is 5.82 Å². The van der Waals surface area contributed by atoms with Crippen molar-refractivity contribution in [2.24, 2.45) is 0 Å². The standard InChI is InChI=1S/C18H19FN4/c1-12-4-3-5-15-17(12)23-10-13(2)18(15)21-9-8-20-16-7-6-14(19)11-22-16/h3-7,10-11H,8-9H2,1-2H3,(H,20,22)(H,21,23). The van der Waals surface area contributed by atoms with Crippen molar-refractivity contribution in [3.63, 3.8) is 0 Å². The zero-order valence-corrected chi connectivity index (χ0v) is 13.2. The average Bonchev–Trinajstić information content (AvgIpc) is 2.55. The number of nitrogens with zero attached hydrogens (tertiary/aromatic N) is 2. The summed E-state index contributed by atoms with van der Waals surface area (Å²) in [6.45, 7) is 5.53. The van der Waals surface area contributed by atoms with Crippen LogP contribution in [0.15, 0.2) is 42.7 Å². The molecule has 23 heavy (non-hydrogen) atoms. The highest BCUT2D eigenvalue weighted by atomic mass is 19.1. The summed E-state index contributed by atoms with van der Waals surface area (Å²) in [5.74, 6) is 0.336. The van der Waals surface area contributed by atoms with E-state index >= 15 is 0 Å². The molecule has 0 atom stereocenters. The van der Waals surface area contributed by atoms with Crippen LogP contribution in [0.3, 0.4) is 0 Å². The Kier molecular flexibility index (Phi) is 4.37. The molecule has 4 nitrogen and oxygen atoms in total. The molecule has 1 aromatic carbocycles. The second-order valence-corrected chi connectivity index (χ2v) is 5.50. The van der Waals surface area contributed by atoms with Gasteiger partial charge in [0.15, 0.2) is 0 Å². The van der Waals surface area contributed by atoms with E-state index in [4.69, 9.17) is 0 Å². The van der Waals surface area contributed by atoms with Gasteiger partial charge >= 0.3 is 0 Å². The topological polar surface area (TPSA) is 49.8 Å². The van der Waals surface area contributed by atoms with Gasteiger partial charge in [-0.3, -0.25) is 4.98 Å². The highest BCUT2D eigenvalue weighted by Gasteiger charge is 2.07. The number of fused-ring (bicyclic) bond motifs is 1. The van der Waals surface area contributed by atoms with E-state index < -0.39 is 0 Å². The van der Waals surface area contributed by atoms with Crippen LogP contribution in [-0.2, 0) is 0 Å². The SMILES string of the molecule is Cc1cnc2c(C)cccc2c1NCCNc1ccc(F)cn1. The van der Waals surface area contributed by atoms with Crippen LogP contribution in [0.4, 0.5) is 15.9 Å². The molecule has 0 saturated carbocycles. The lowest BCUT2D eigenvalue weighted by Gasteiger charge is -2.14. The fourth-order valence-corrected chi connectivity index (χ4v) is 2.56. The quantitative estimate of drug-likeness (QED) is 0.702. The number of para-hydroxylation sites is 1. The lowest BCUT2D eigenvalue weighted by Crippen LogP contribution is -2.15. The van der Waals surface area contributed by atoms with Crippen LogP contribution in [-0.4, -0.2) is 23.1 Å². The van der Waals surface area contributed by atoms with E-state index in [9.17, 15) is 4.39 Å². The molecule has 0 unspecified atom stereocenters. The highest BCUT2D eigenvalue weighted by Crippen LogP contribution is 2.26. The zero-order chi connectivity index (χ0) is 16.2. The highest BCUT2D eigenvalue weighted by molar-refractivity contribution is 5.94. The normalized spacial score (nSPS) is 10.7. The molecule has 0 amide bonds. The Morgan fingerprint density at radius 3 is 2.52 bits per heavy atom. The monoisotopic (exact) mass is 310 g/mol. The van der Waals surface area contributed by atoms with Gasteiger partial charge in [0.25, 0.3) is 0 Å². The molecule has 0 bridgehead atoms. The van der Waals surface area contributed by atoms with Gasteiger partial charge in [0.1, 0.15) is 11.6 Å². The number of hydrogen-bond donors (Lipinski definition) is 2. The minimum absolute atomic E-state index is 0.331. The van der Waals surface area contributed by atoms with E-state index in [1.807, 2.05) is 19.2 Å². The van der Waals surface area contributed by atoms with Crippen molar-refractivity contribution < 1.29 is 4.39 Å². The molecule has 0 saturated heterocycles. The van der Waals surface area contributed by atoms with Crippen molar-refractivity contribution in [2.75, 3.05) is 23.7 Å². The maximum atomic E-state index is 12.8. The molecular weight excluding hydrogens is 291 g/mol. The van der Waals surface area contributed by atoms with Gasteiger partial charge in [0, 0.05) is 30.4 Å². The number of pyridine rings is 2. The predicted molar refractivity (Wildman–Crippen MR) is 92.4 cm³/mol. The van der Waals surface area contributed by atoms with Crippen LogP contribution in [0.25, 0.3) is 10.9 Å². The predicted octanol–water partition coefficient (Wildman–Crippen LogP) is 3.91. The smallest absolute Gasteiger partial charge is 0.141 e. The Labute approximate surface area is 134 Å². The van der Waals surface area contributed by atoms with Crippen molar-refractivity contribution in [3.05, 3.63) is 59.7 Å². The first-order valence-electron chi connectivity index (χ1n) is 7.59. The molecule has 3 rings (SSSR count). The third-order valence-electron chi connectivity index (χ3n) is 3.75. The number of nitrogens with one attached hydrogen (secondary N) is 2. The Morgan fingerprint density at radius 1 is 0.913 bits per heavy atom. The van der Waals surface area contributed by atoms with Gasteiger partial charge in [0.05, 0.1) is 11.7 Å². The molecule has 0 aliphatic heterocycles. The number of hydrogen-bond acceptors (Lipinski definition) is 4. The van der Waals surface area contributed by atoms with Gasteiger partial charge in [-0.25, -0.2) is 9.37 Å². The van der Waals surface area contributed by atoms with E-state index in [0.29, 0.717) is 12.4 Å². The summed E-state index contributed by atoms with van der Waals surface area (Å²) in [5.41, 5.74) is 4.41. The van der Waals surface area contributed by atoms with Crippen LogP contribution < -0.4 is 10.6 Å². The van der Waals surface area contributed by atoms with Crippen LogP contribution in [0.2, 0.25) is 0 Å². The van der Waals surface area contributed by atoms with Crippen molar-refractivity contribution in [2.45, 2.75) is 13.8 Å². The summed E-state index contributed by atoms with van der Waals surface area (Å²) < 4.78 is 12.8. The minimum atomic E-state index is -0.331. The molecule has 2 N–H and O–H groups in total. The van der Waals surface area contributed by atoms with Crippen LogP contribution in [0.1, 0.15) is 11.1 Å². The molecule has 5 heteroatoms. The van der Waals surface area contributed by atoms with Gasteiger partial charge in [-0.15, -0.1) is 0 Å². The minimum Gasteiger partial charge on any atom is -0.382 e. The Bertz CT molecular complexity index is 815. The largest absolute Gasteiger partial charge is 0.382 e. The molecule has 3 aromatic rings. The first-order valence-corrected chi connectivity index (χ1v) is 7.59. The summed E-state index contributed by atoms with van der Waals surface area (Å²) in [7, 11) is 0. The van der Waals surface area contributed by atoms with Crippen molar-refractivity contribution in [3.8, 4) is 0 Å². The van der Waals surface area contributed by atoms with Gasteiger partial charge < -0.3 is 10.6 Å². The van der Waals surface area contributed by atoms with Crippen molar-refractivity contribution in [1.29, 1.82) is 0 Å². The molecule has 2 aromatic heterocycles. The fourth-order valence-electron chi connectivity index (χ4n) is 2.56. The number of aromatic nitrogens is 2. The van der Waals surface area contributed by atoms with Gasteiger partial charge in [0.2, 0.25) is 0 Å². The van der Waals surface area contributed by atoms with E-state index in [0.717, 1.165) is 28.7 Å². The van der Waals surface area contributed by atoms with E-state index in [1.165, 1.54) is 17.8 Å². The molecule has 0 spiro atoms. The number of aryl methyl sites for hydroxylation is 2. The Hall–Kier alpha value is -2.69. The summed E-state index contributed by atoms with van der Waals surface area (Å²) >= 11 is 0. The molecule has 0 aliphatic rings. The Morgan fingerprint density at radius 2 is 1.74 bits per heavy atom. The third-order valence-corrected chi connectivity index (χ3v) is 3.75. The van der Waals surface area contributed by atoms with Crippen LogP contribution >= 0.6 is 0 Å². The molecule has 0 radical (unpaired) electrons. The van der Waals surface area contributed by atoms with Crippen molar-refractivity contribution in [1.82, 2.24) is 9.97 Å². The average molecular weight is 310 g/mol. The maximum absolute atomic E-state index is 12.8.